The van der Waals surface area contributed by atoms with Crippen LogP contribution in [0.3, 0.4) is 0 Å². The van der Waals surface area contributed by atoms with Crippen molar-refractivity contribution in [3.8, 4) is 0 Å². The van der Waals surface area contributed by atoms with E-state index in [2.05, 4.69) is 41.8 Å². The monoisotopic (exact) mass is 380 g/mol. The molecule has 0 radical (unpaired) electrons. The third-order valence-electron chi connectivity index (χ3n) is 3.59. The first-order chi connectivity index (χ1) is 8.83. The van der Waals surface area contributed by atoms with Crippen molar-refractivity contribution in [2.45, 2.75) is 77.7 Å². The molecular weight excluding hydrogens is 347 g/mol. The molecule has 0 fully saturated rings. The lowest BCUT2D eigenvalue weighted by Crippen LogP contribution is -3.00. The maximum atomic E-state index is 2.28. The normalized spacial score (nSPS) is 10.4. The fraction of sp³-hybridized carbons (Fsp3) is 0.812. The van der Waals surface area contributed by atoms with Gasteiger partial charge in [0.25, 0.3) is 0 Å². The highest BCUT2D eigenvalue weighted by molar-refractivity contribution is 4.65. The maximum Gasteiger partial charge on any atom is 0.243 e. The van der Waals surface area contributed by atoms with Gasteiger partial charge in [0.15, 0.2) is 0 Å². The Balaban J connectivity index is 0.00000324. The first kappa shape index (κ1) is 18.9. The van der Waals surface area contributed by atoms with Crippen LogP contribution in [0.4, 0.5) is 0 Å². The second-order valence-corrected chi connectivity index (χ2v) is 5.50. The highest BCUT2D eigenvalue weighted by Gasteiger charge is 1.99. The van der Waals surface area contributed by atoms with Gasteiger partial charge in [-0.2, -0.15) is 0 Å². The Morgan fingerprint density at radius 2 is 1.37 bits per heavy atom. The molecule has 0 amide bonds. The van der Waals surface area contributed by atoms with Gasteiger partial charge in [0, 0.05) is 0 Å². The first-order valence-electron chi connectivity index (χ1n) is 7.84. The fourth-order valence-corrected chi connectivity index (χ4v) is 2.42. The summed E-state index contributed by atoms with van der Waals surface area (Å²) in [7, 11) is 2.08. The van der Waals surface area contributed by atoms with Crippen molar-refractivity contribution in [1.29, 1.82) is 0 Å². The number of hydrogen-bond acceptors (Lipinski definition) is 0. The number of halogens is 1. The van der Waals surface area contributed by atoms with Crippen LogP contribution in [0, 0.1) is 0 Å². The summed E-state index contributed by atoms with van der Waals surface area (Å²) in [5, 5.41) is 0. The molecule has 1 rings (SSSR count). The van der Waals surface area contributed by atoms with Gasteiger partial charge < -0.3 is 0 Å². The zero-order valence-corrected chi connectivity index (χ0v) is 15.4. The van der Waals surface area contributed by atoms with Crippen LogP contribution in [0.25, 0.3) is 0 Å². The van der Waals surface area contributed by atoms with Gasteiger partial charge in [-0.1, -0.05) is 58.3 Å². The summed E-state index contributed by atoms with van der Waals surface area (Å²) >= 11 is 0. The molecule has 0 saturated heterocycles. The van der Waals surface area contributed by atoms with Gasteiger partial charge in [0.2, 0.25) is 30.3 Å². The van der Waals surface area contributed by atoms with Gasteiger partial charge in [-0.25, -0.2) is 9.13 Å². The Kier molecular flexibility index (Phi) is 12.9. The summed E-state index contributed by atoms with van der Waals surface area (Å²) < 4.78 is 4.39. The van der Waals surface area contributed by atoms with Crippen LogP contribution in [-0.2, 0) is 13.6 Å². The summed E-state index contributed by atoms with van der Waals surface area (Å²) in [6, 6.07) is 0. The number of aryl methyl sites for hydroxylation is 2. The molecule has 0 atom stereocenters. The van der Waals surface area contributed by atoms with Crippen molar-refractivity contribution in [2.75, 3.05) is 0 Å². The second-order valence-electron chi connectivity index (χ2n) is 5.50. The van der Waals surface area contributed by atoms with Crippen molar-refractivity contribution < 1.29 is 28.5 Å². The minimum atomic E-state index is 0. The van der Waals surface area contributed by atoms with Gasteiger partial charge >= 0.3 is 0 Å². The minimum Gasteiger partial charge on any atom is -0.240 e. The predicted molar refractivity (Wildman–Crippen MR) is 80.2 cm³/mol. The Labute approximate surface area is 136 Å². The lowest BCUT2D eigenvalue weighted by Gasteiger charge is -2.01. The molecule has 0 saturated carbocycles. The number of aromatic nitrogens is 2. The van der Waals surface area contributed by atoms with Gasteiger partial charge in [-0.3, -0.25) is 0 Å². The molecule has 0 unspecified atom stereocenters. The molecule has 0 aliphatic rings. The molecule has 0 N–H and O–H groups in total. The van der Waals surface area contributed by atoms with Crippen molar-refractivity contribution in [2.24, 2.45) is 7.05 Å². The highest BCUT2D eigenvalue weighted by atomic mass is 127. The molecule has 0 aliphatic heterocycles. The molecule has 0 spiro atoms. The van der Waals surface area contributed by atoms with Crippen molar-refractivity contribution in [3.05, 3.63) is 18.7 Å². The van der Waals surface area contributed by atoms with E-state index in [1.54, 1.807) is 0 Å². The van der Waals surface area contributed by atoms with E-state index in [9.17, 15) is 0 Å². The fourth-order valence-electron chi connectivity index (χ4n) is 2.42. The summed E-state index contributed by atoms with van der Waals surface area (Å²) in [4.78, 5) is 0. The standard InChI is InChI=1S/C16H31N2.H2I/c1-3-4-5-6-7-8-9-10-11-12-13-18-15-14-17(2)16-18;/h14-16H,3-13H2,1-2H3;1H2/q2*+1. The summed E-state index contributed by atoms with van der Waals surface area (Å²) in [6.07, 6.45) is 20.6. The highest BCUT2D eigenvalue weighted by Crippen LogP contribution is 2.10. The topological polar surface area (TPSA) is 8.81 Å². The molecule has 1 heterocycles. The molecule has 0 aliphatic carbocycles. The van der Waals surface area contributed by atoms with Crippen LogP contribution >= 0.6 is 0 Å². The molecular formula is C16H33IN2+2. The Morgan fingerprint density at radius 1 is 0.842 bits per heavy atom. The third-order valence-corrected chi connectivity index (χ3v) is 3.59. The molecule has 112 valence electrons. The Morgan fingerprint density at radius 3 is 1.84 bits per heavy atom. The zero-order valence-electron chi connectivity index (χ0n) is 12.9. The van der Waals surface area contributed by atoms with Crippen LogP contribution < -0.4 is 28.5 Å². The predicted octanol–water partition coefficient (Wildman–Crippen LogP) is 0.702. The lowest BCUT2D eigenvalue weighted by molar-refractivity contribution is -0.671. The van der Waals surface area contributed by atoms with E-state index in [-0.39, 0.29) is 24.0 Å². The number of rotatable bonds is 11. The van der Waals surface area contributed by atoms with Crippen LogP contribution in [-0.4, -0.2) is 4.57 Å². The van der Waals surface area contributed by atoms with Gasteiger partial charge in [0.1, 0.15) is 12.4 Å². The molecule has 3 heteroatoms. The van der Waals surface area contributed by atoms with E-state index in [1.165, 1.54) is 70.8 Å². The maximum absolute atomic E-state index is 2.28. The second kappa shape index (κ2) is 12.9. The molecule has 1 aromatic rings. The van der Waals surface area contributed by atoms with E-state index in [0.29, 0.717) is 0 Å². The molecule has 1 aromatic heterocycles. The Hall–Kier alpha value is -0.0600. The van der Waals surface area contributed by atoms with Crippen molar-refractivity contribution in [1.82, 2.24) is 4.57 Å². The SMILES string of the molecule is CCCCCCCCCCCCn1cc[n+](C)c1.[IH2+]. The van der Waals surface area contributed by atoms with Gasteiger partial charge in [-0.05, 0) is 12.8 Å². The van der Waals surface area contributed by atoms with Gasteiger partial charge in [0.05, 0.1) is 13.6 Å². The van der Waals surface area contributed by atoms with Crippen molar-refractivity contribution >= 4 is 0 Å². The first-order valence-corrected chi connectivity index (χ1v) is 7.84. The van der Waals surface area contributed by atoms with Crippen LogP contribution in [0.5, 0.6) is 0 Å². The van der Waals surface area contributed by atoms with E-state index < -0.39 is 0 Å². The quantitative estimate of drug-likeness (QED) is 0.304. The van der Waals surface area contributed by atoms with Crippen LogP contribution in [0.2, 0.25) is 0 Å². The van der Waals surface area contributed by atoms with E-state index in [0.717, 1.165) is 0 Å². The van der Waals surface area contributed by atoms with Gasteiger partial charge in [-0.15, -0.1) is 0 Å². The number of nitrogens with zero attached hydrogens (tertiary/aromatic N) is 2. The van der Waals surface area contributed by atoms with E-state index in [4.69, 9.17) is 0 Å². The lowest BCUT2D eigenvalue weighted by atomic mass is 10.1. The summed E-state index contributed by atoms with van der Waals surface area (Å²) in [5.74, 6) is 0. The smallest absolute Gasteiger partial charge is 0.240 e. The largest absolute Gasteiger partial charge is 0.243 e. The molecule has 0 bridgehead atoms. The average Bonchev–Trinajstić information content (AvgIpc) is 2.77. The number of imidazole rings is 1. The van der Waals surface area contributed by atoms with E-state index in [1.807, 2.05) is 0 Å². The number of hydrogen-bond donors (Lipinski definition) is 0. The molecule has 19 heavy (non-hydrogen) atoms. The third kappa shape index (κ3) is 10.4. The molecule has 2 nitrogen and oxygen atoms in total. The van der Waals surface area contributed by atoms with E-state index >= 15 is 0 Å². The number of unbranched alkanes of at least 4 members (excludes halogenated alkanes) is 9. The van der Waals surface area contributed by atoms with Crippen LogP contribution in [0.1, 0.15) is 71.1 Å². The minimum absolute atomic E-state index is 0. The summed E-state index contributed by atoms with van der Waals surface area (Å²) in [5.41, 5.74) is 0. The summed E-state index contributed by atoms with van der Waals surface area (Å²) in [6.45, 7) is 3.46. The Bertz CT molecular complexity index is 297. The average molecular weight is 380 g/mol. The zero-order chi connectivity index (χ0) is 13.1. The van der Waals surface area contributed by atoms with Crippen LogP contribution in [0.15, 0.2) is 18.7 Å². The van der Waals surface area contributed by atoms with Crippen molar-refractivity contribution in [3.63, 3.8) is 0 Å². The molecule has 0 aromatic carbocycles.